The van der Waals surface area contributed by atoms with Crippen LogP contribution in [-0.4, -0.2) is 36.0 Å². The van der Waals surface area contributed by atoms with Gasteiger partial charge < -0.3 is 15.2 Å². The third-order valence-electron chi connectivity index (χ3n) is 5.22. The van der Waals surface area contributed by atoms with Crippen LogP contribution in [-0.2, 0) is 17.6 Å². The van der Waals surface area contributed by atoms with Crippen LogP contribution in [0.1, 0.15) is 31.9 Å². The Labute approximate surface area is 174 Å². The summed E-state index contributed by atoms with van der Waals surface area (Å²) >= 11 is 0. The SMILES string of the molecule is CC(Cc1ccccc1)OC[C@H](O)CNC(C)(C)Cc1ccc2ccccc2c1. The fraction of sp³-hybridized carbons (Fsp3) is 0.385. The zero-order valence-corrected chi connectivity index (χ0v) is 17.8. The molecule has 0 saturated heterocycles. The van der Waals surface area contributed by atoms with E-state index in [0.717, 1.165) is 12.8 Å². The second-order valence-corrected chi connectivity index (χ2v) is 8.61. The van der Waals surface area contributed by atoms with E-state index in [9.17, 15) is 5.11 Å². The lowest BCUT2D eigenvalue weighted by molar-refractivity contribution is -0.00280. The Morgan fingerprint density at radius 2 is 1.59 bits per heavy atom. The second-order valence-electron chi connectivity index (χ2n) is 8.61. The van der Waals surface area contributed by atoms with Gasteiger partial charge in [0.1, 0.15) is 0 Å². The fourth-order valence-corrected chi connectivity index (χ4v) is 3.65. The lowest BCUT2D eigenvalue weighted by Gasteiger charge is -2.28. The van der Waals surface area contributed by atoms with Crippen LogP contribution in [0.3, 0.4) is 0 Å². The first kappa shape index (κ1) is 21.5. The normalized spacial score (nSPS) is 14.1. The van der Waals surface area contributed by atoms with Crippen molar-refractivity contribution in [2.75, 3.05) is 13.2 Å². The van der Waals surface area contributed by atoms with Crippen LogP contribution in [0.4, 0.5) is 0 Å². The van der Waals surface area contributed by atoms with Crippen molar-refractivity contribution in [1.82, 2.24) is 5.32 Å². The predicted octanol–water partition coefficient (Wildman–Crippen LogP) is 4.76. The molecule has 1 unspecified atom stereocenters. The maximum absolute atomic E-state index is 10.3. The van der Waals surface area contributed by atoms with E-state index >= 15 is 0 Å². The second kappa shape index (κ2) is 10.0. The summed E-state index contributed by atoms with van der Waals surface area (Å²) in [5.41, 5.74) is 2.44. The van der Waals surface area contributed by atoms with Crippen molar-refractivity contribution < 1.29 is 9.84 Å². The molecule has 3 aromatic carbocycles. The van der Waals surface area contributed by atoms with Crippen LogP contribution in [0.25, 0.3) is 10.8 Å². The van der Waals surface area contributed by atoms with Gasteiger partial charge in [-0.15, -0.1) is 0 Å². The molecule has 3 heteroatoms. The molecule has 0 radical (unpaired) electrons. The van der Waals surface area contributed by atoms with Crippen LogP contribution in [0.15, 0.2) is 72.8 Å². The van der Waals surface area contributed by atoms with Gasteiger partial charge in [0.25, 0.3) is 0 Å². The predicted molar refractivity (Wildman–Crippen MR) is 121 cm³/mol. The van der Waals surface area contributed by atoms with Gasteiger partial charge in [-0.25, -0.2) is 0 Å². The molecule has 3 aromatic rings. The summed E-state index contributed by atoms with van der Waals surface area (Å²) in [7, 11) is 0. The first-order valence-corrected chi connectivity index (χ1v) is 10.5. The van der Waals surface area contributed by atoms with E-state index in [4.69, 9.17) is 4.74 Å². The summed E-state index contributed by atoms with van der Waals surface area (Å²) in [6, 6.07) is 25.4. The number of hydrogen-bond donors (Lipinski definition) is 2. The van der Waals surface area contributed by atoms with Gasteiger partial charge in [-0.1, -0.05) is 72.8 Å². The van der Waals surface area contributed by atoms with E-state index in [1.165, 1.54) is 21.9 Å². The molecule has 0 amide bonds. The number of fused-ring (bicyclic) bond motifs is 1. The Bertz CT molecular complexity index is 891. The Kier molecular flexibility index (Phi) is 7.43. The molecule has 0 heterocycles. The third kappa shape index (κ3) is 6.97. The number of rotatable bonds is 10. The minimum Gasteiger partial charge on any atom is -0.389 e. The minimum absolute atomic E-state index is 0.0812. The van der Waals surface area contributed by atoms with Gasteiger partial charge in [-0.2, -0.15) is 0 Å². The highest BCUT2D eigenvalue weighted by Crippen LogP contribution is 2.19. The first-order valence-electron chi connectivity index (χ1n) is 10.5. The smallest absolute Gasteiger partial charge is 0.0898 e. The van der Waals surface area contributed by atoms with Gasteiger partial charge in [-0.3, -0.25) is 0 Å². The molecule has 154 valence electrons. The molecular formula is C26H33NO2. The monoisotopic (exact) mass is 391 g/mol. The third-order valence-corrected chi connectivity index (χ3v) is 5.22. The highest BCUT2D eigenvalue weighted by molar-refractivity contribution is 5.83. The number of ether oxygens (including phenoxy) is 1. The van der Waals surface area contributed by atoms with Crippen LogP contribution >= 0.6 is 0 Å². The first-order chi connectivity index (χ1) is 13.9. The van der Waals surface area contributed by atoms with Crippen molar-refractivity contribution in [2.45, 2.75) is 51.4 Å². The van der Waals surface area contributed by atoms with Gasteiger partial charge in [0.2, 0.25) is 0 Å². The summed E-state index contributed by atoms with van der Waals surface area (Å²) in [5.74, 6) is 0. The Morgan fingerprint density at radius 1 is 0.897 bits per heavy atom. The molecule has 3 rings (SSSR count). The van der Waals surface area contributed by atoms with Crippen LogP contribution in [0, 0.1) is 0 Å². The lowest BCUT2D eigenvalue weighted by atomic mass is 9.93. The Balaban J connectivity index is 1.43. The van der Waals surface area contributed by atoms with Gasteiger partial charge in [0, 0.05) is 12.1 Å². The number of aliphatic hydroxyl groups is 1. The van der Waals surface area contributed by atoms with Crippen molar-refractivity contribution in [3.05, 3.63) is 83.9 Å². The van der Waals surface area contributed by atoms with E-state index in [2.05, 4.69) is 80.7 Å². The van der Waals surface area contributed by atoms with Gasteiger partial charge in [-0.05, 0) is 55.5 Å². The molecule has 0 aromatic heterocycles. The summed E-state index contributed by atoms with van der Waals surface area (Å²) < 4.78 is 5.85. The molecule has 0 aliphatic heterocycles. The number of nitrogens with one attached hydrogen (secondary N) is 1. The van der Waals surface area contributed by atoms with Crippen LogP contribution < -0.4 is 5.32 Å². The molecule has 0 aliphatic carbocycles. The summed E-state index contributed by atoms with van der Waals surface area (Å²) in [5, 5.41) is 16.4. The van der Waals surface area contributed by atoms with Crippen molar-refractivity contribution in [3.8, 4) is 0 Å². The largest absolute Gasteiger partial charge is 0.389 e. The number of aliphatic hydroxyl groups excluding tert-OH is 1. The van der Waals surface area contributed by atoms with Gasteiger partial charge in [0.05, 0.1) is 18.8 Å². The molecule has 0 bridgehead atoms. The molecule has 3 nitrogen and oxygen atoms in total. The molecule has 2 atom stereocenters. The van der Waals surface area contributed by atoms with E-state index in [0.29, 0.717) is 13.2 Å². The maximum atomic E-state index is 10.3. The lowest BCUT2D eigenvalue weighted by Crippen LogP contribution is -2.46. The van der Waals surface area contributed by atoms with Crippen LogP contribution in [0.2, 0.25) is 0 Å². The zero-order chi connectivity index (χ0) is 20.7. The van der Waals surface area contributed by atoms with Crippen molar-refractivity contribution in [3.63, 3.8) is 0 Å². The molecular weight excluding hydrogens is 358 g/mol. The quantitative estimate of drug-likeness (QED) is 0.524. The maximum Gasteiger partial charge on any atom is 0.0898 e. The van der Waals surface area contributed by atoms with E-state index in [1.54, 1.807) is 0 Å². The molecule has 2 N–H and O–H groups in total. The van der Waals surface area contributed by atoms with E-state index in [1.807, 2.05) is 18.2 Å². The number of β-amino-alcohol motifs (C(OH)–C–C–N with tert-alkyl or cyclic N) is 1. The van der Waals surface area contributed by atoms with Crippen molar-refractivity contribution in [2.24, 2.45) is 0 Å². The van der Waals surface area contributed by atoms with E-state index < -0.39 is 6.10 Å². The number of hydrogen-bond acceptors (Lipinski definition) is 3. The fourth-order valence-electron chi connectivity index (χ4n) is 3.65. The van der Waals surface area contributed by atoms with Gasteiger partial charge >= 0.3 is 0 Å². The molecule has 29 heavy (non-hydrogen) atoms. The Hall–Kier alpha value is -2.20. The topological polar surface area (TPSA) is 41.5 Å². The number of benzene rings is 3. The van der Waals surface area contributed by atoms with E-state index in [-0.39, 0.29) is 11.6 Å². The van der Waals surface area contributed by atoms with Crippen molar-refractivity contribution in [1.29, 1.82) is 0 Å². The minimum atomic E-state index is -0.524. The summed E-state index contributed by atoms with van der Waals surface area (Å²) in [4.78, 5) is 0. The zero-order valence-electron chi connectivity index (χ0n) is 17.8. The molecule has 0 fully saturated rings. The summed E-state index contributed by atoms with van der Waals surface area (Å²) in [6.45, 7) is 7.25. The molecule has 0 aliphatic rings. The average Bonchev–Trinajstić information content (AvgIpc) is 2.71. The van der Waals surface area contributed by atoms with Crippen molar-refractivity contribution >= 4 is 10.8 Å². The Morgan fingerprint density at radius 3 is 2.34 bits per heavy atom. The molecule has 0 saturated carbocycles. The highest BCUT2D eigenvalue weighted by atomic mass is 16.5. The highest BCUT2D eigenvalue weighted by Gasteiger charge is 2.20. The average molecular weight is 392 g/mol. The standard InChI is InChI=1S/C26H33NO2/c1-20(15-21-9-5-4-6-10-21)29-19-25(28)18-27-26(2,3)17-22-13-14-23-11-7-8-12-24(23)16-22/h4-14,16,20,25,27-28H,15,17-19H2,1-3H3/t20?,25-/m1/s1. The molecule has 0 spiro atoms. The van der Waals surface area contributed by atoms with Crippen LogP contribution in [0.5, 0.6) is 0 Å². The summed E-state index contributed by atoms with van der Waals surface area (Å²) in [6.07, 6.45) is 1.31. The van der Waals surface area contributed by atoms with Gasteiger partial charge in [0.15, 0.2) is 0 Å².